The van der Waals surface area contributed by atoms with E-state index >= 15 is 0 Å². The van der Waals surface area contributed by atoms with Crippen molar-refractivity contribution >= 4 is 11.0 Å². The highest BCUT2D eigenvalue weighted by molar-refractivity contribution is 5.78. The fraction of sp³-hybridized carbons (Fsp3) is 0.462. The topological polar surface area (TPSA) is 28.7 Å². The molecule has 0 saturated heterocycles. The van der Waals surface area contributed by atoms with Crippen LogP contribution in [0.1, 0.15) is 37.6 Å². The van der Waals surface area contributed by atoms with Gasteiger partial charge in [-0.05, 0) is 25.0 Å². The number of aromatic amines is 1. The number of hydrogen-bond donors (Lipinski definition) is 1. The first-order chi connectivity index (χ1) is 7.31. The Morgan fingerprint density at radius 3 is 2.87 bits per heavy atom. The molecule has 0 aliphatic rings. The summed E-state index contributed by atoms with van der Waals surface area (Å²) in [6.07, 6.45) is 4.85. The molecule has 0 aliphatic carbocycles. The molecule has 1 heterocycles. The van der Waals surface area contributed by atoms with Crippen LogP contribution in [-0.4, -0.2) is 9.97 Å². The number of rotatable bonds is 4. The Morgan fingerprint density at radius 1 is 1.27 bits per heavy atom. The molecule has 0 amide bonds. The number of nitrogens with one attached hydrogen (secondary N) is 1. The zero-order valence-corrected chi connectivity index (χ0v) is 9.51. The number of para-hydroxylation sites is 1. The second-order valence-corrected chi connectivity index (χ2v) is 4.11. The van der Waals surface area contributed by atoms with Crippen LogP contribution in [0.2, 0.25) is 0 Å². The first-order valence-electron chi connectivity index (χ1n) is 5.75. The van der Waals surface area contributed by atoms with Gasteiger partial charge in [0.25, 0.3) is 0 Å². The SMILES string of the molecule is CCCCCc1nc2cccc(C)c2[nH]1. The van der Waals surface area contributed by atoms with Gasteiger partial charge in [0.05, 0.1) is 11.0 Å². The van der Waals surface area contributed by atoms with Gasteiger partial charge in [0, 0.05) is 6.42 Å². The van der Waals surface area contributed by atoms with Crippen molar-refractivity contribution in [1.29, 1.82) is 0 Å². The molecule has 2 rings (SSSR count). The lowest BCUT2D eigenvalue weighted by atomic mass is 10.2. The zero-order valence-electron chi connectivity index (χ0n) is 9.51. The number of nitrogens with zero attached hydrogens (tertiary/aromatic N) is 1. The standard InChI is InChI=1S/C13H18N2/c1-3-4-5-9-12-14-11-8-6-7-10(2)13(11)15-12/h6-8H,3-5,9H2,1-2H3,(H,14,15). The summed E-state index contributed by atoms with van der Waals surface area (Å²) < 4.78 is 0. The van der Waals surface area contributed by atoms with Gasteiger partial charge in [-0.25, -0.2) is 4.98 Å². The maximum Gasteiger partial charge on any atom is 0.107 e. The number of imidazole rings is 1. The molecule has 0 aliphatic heterocycles. The maximum atomic E-state index is 4.59. The minimum atomic E-state index is 1.07. The van der Waals surface area contributed by atoms with E-state index in [1.807, 2.05) is 0 Å². The summed E-state index contributed by atoms with van der Waals surface area (Å²) in [5.41, 5.74) is 3.58. The van der Waals surface area contributed by atoms with E-state index in [9.17, 15) is 0 Å². The number of benzene rings is 1. The molecular weight excluding hydrogens is 184 g/mol. The monoisotopic (exact) mass is 202 g/mol. The van der Waals surface area contributed by atoms with Crippen molar-refractivity contribution in [3.8, 4) is 0 Å². The number of fused-ring (bicyclic) bond motifs is 1. The predicted octanol–water partition coefficient (Wildman–Crippen LogP) is 3.60. The van der Waals surface area contributed by atoms with Gasteiger partial charge < -0.3 is 4.98 Å². The molecular formula is C13H18N2. The first kappa shape index (κ1) is 10.2. The number of aryl methyl sites for hydroxylation is 2. The summed E-state index contributed by atoms with van der Waals surface area (Å²) in [7, 11) is 0. The second-order valence-electron chi connectivity index (χ2n) is 4.11. The highest BCUT2D eigenvalue weighted by Gasteiger charge is 2.03. The Hall–Kier alpha value is -1.31. The Balaban J connectivity index is 2.20. The lowest BCUT2D eigenvalue weighted by molar-refractivity contribution is 0.700. The average molecular weight is 202 g/mol. The molecule has 2 heteroatoms. The minimum Gasteiger partial charge on any atom is -0.342 e. The summed E-state index contributed by atoms with van der Waals surface area (Å²) in [4.78, 5) is 8.00. The third-order valence-corrected chi connectivity index (χ3v) is 2.79. The van der Waals surface area contributed by atoms with Gasteiger partial charge in [-0.1, -0.05) is 31.9 Å². The Bertz CT molecular complexity index is 443. The van der Waals surface area contributed by atoms with Crippen molar-refractivity contribution in [2.45, 2.75) is 39.5 Å². The molecule has 2 nitrogen and oxygen atoms in total. The largest absolute Gasteiger partial charge is 0.342 e. The number of H-pyrrole nitrogens is 1. The Morgan fingerprint density at radius 2 is 2.13 bits per heavy atom. The molecule has 0 bridgehead atoms. The second kappa shape index (κ2) is 4.47. The van der Waals surface area contributed by atoms with Gasteiger partial charge in [-0.2, -0.15) is 0 Å². The maximum absolute atomic E-state index is 4.59. The quantitative estimate of drug-likeness (QED) is 0.754. The summed E-state index contributed by atoms with van der Waals surface area (Å²) in [6.45, 7) is 4.35. The lowest BCUT2D eigenvalue weighted by Gasteiger charge is -1.94. The van der Waals surface area contributed by atoms with Gasteiger partial charge in [0.15, 0.2) is 0 Å². The highest BCUT2D eigenvalue weighted by Crippen LogP contribution is 2.16. The Labute approximate surface area is 90.7 Å². The Kier molecular flexibility index (Phi) is 3.05. The summed E-state index contributed by atoms with van der Waals surface area (Å²) in [6, 6.07) is 6.26. The van der Waals surface area contributed by atoms with E-state index in [0.717, 1.165) is 17.8 Å². The van der Waals surface area contributed by atoms with Crippen LogP contribution in [0.3, 0.4) is 0 Å². The van der Waals surface area contributed by atoms with Crippen molar-refractivity contribution < 1.29 is 0 Å². The first-order valence-corrected chi connectivity index (χ1v) is 5.75. The van der Waals surface area contributed by atoms with Crippen molar-refractivity contribution in [1.82, 2.24) is 9.97 Å². The predicted molar refractivity (Wildman–Crippen MR) is 64.1 cm³/mol. The fourth-order valence-corrected chi connectivity index (χ4v) is 1.89. The van der Waals surface area contributed by atoms with Gasteiger partial charge in [-0.15, -0.1) is 0 Å². The van der Waals surface area contributed by atoms with E-state index in [-0.39, 0.29) is 0 Å². The molecule has 0 saturated carbocycles. The molecule has 2 aromatic rings. The van der Waals surface area contributed by atoms with Crippen LogP contribution in [0.15, 0.2) is 18.2 Å². The molecule has 1 aromatic carbocycles. The summed E-state index contributed by atoms with van der Waals surface area (Å²) in [5, 5.41) is 0. The van der Waals surface area contributed by atoms with Crippen LogP contribution in [0.4, 0.5) is 0 Å². The zero-order chi connectivity index (χ0) is 10.7. The molecule has 80 valence electrons. The molecule has 15 heavy (non-hydrogen) atoms. The summed E-state index contributed by atoms with van der Waals surface area (Å²) >= 11 is 0. The number of hydrogen-bond acceptors (Lipinski definition) is 1. The van der Waals surface area contributed by atoms with E-state index in [2.05, 4.69) is 42.0 Å². The third kappa shape index (κ3) is 2.20. The number of aromatic nitrogens is 2. The van der Waals surface area contributed by atoms with E-state index in [1.165, 1.54) is 30.3 Å². The molecule has 1 N–H and O–H groups in total. The molecule has 0 spiro atoms. The van der Waals surface area contributed by atoms with Gasteiger partial charge in [-0.3, -0.25) is 0 Å². The van der Waals surface area contributed by atoms with Crippen molar-refractivity contribution in [2.24, 2.45) is 0 Å². The van der Waals surface area contributed by atoms with Crippen LogP contribution >= 0.6 is 0 Å². The number of unbranched alkanes of at least 4 members (excludes halogenated alkanes) is 2. The van der Waals surface area contributed by atoms with Crippen LogP contribution in [0, 0.1) is 6.92 Å². The van der Waals surface area contributed by atoms with E-state index in [4.69, 9.17) is 0 Å². The van der Waals surface area contributed by atoms with Gasteiger partial charge in [0.1, 0.15) is 5.82 Å². The smallest absolute Gasteiger partial charge is 0.107 e. The van der Waals surface area contributed by atoms with E-state index in [0.29, 0.717) is 0 Å². The van der Waals surface area contributed by atoms with Crippen LogP contribution < -0.4 is 0 Å². The highest BCUT2D eigenvalue weighted by atomic mass is 14.9. The fourth-order valence-electron chi connectivity index (χ4n) is 1.89. The molecule has 1 aromatic heterocycles. The van der Waals surface area contributed by atoms with Crippen molar-refractivity contribution in [3.63, 3.8) is 0 Å². The van der Waals surface area contributed by atoms with Crippen molar-refractivity contribution in [3.05, 3.63) is 29.6 Å². The molecule has 0 fully saturated rings. The average Bonchev–Trinajstić information content (AvgIpc) is 2.63. The summed E-state index contributed by atoms with van der Waals surface area (Å²) in [5.74, 6) is 1.13. The molecule has 0 atom stereocenters. The van der Waals surface area contributed by atoms with E-state index < -0.39 is 0 Å². The van der Waals surface area contributed by atoms with Gasteiger partial charge >= 0.3 is 0 Å². The minimum absolute atomic E-state index is 1.07. The molecule has 0 unspecified atom stereocenters. The lowest BCUT2D eigenvalue weighted by Crippen LogP contribution is -1.87. The van der Waals surface area contributed by atoms with Crippen LogP contribution in [0.5, 0.6) is 0 Å². The van der Waals surface area contributed by atoms with Crippen LogP contribution in [0.25, 0.3) is 11.0 Å². The molecule has 0 radical (unpaired) electrons. The normalized spacial score (nSPS) is 11.1. The van der Waals surface area contributed by atoms with Crippen molar-refractivity contribution in [2.75, 3.05) is 0 Å². The van der Waals surface area contributed by atoms with Gasteiger partial charge in [0.2, 0.25) is 0 Å². The third-order valence-electron chi connectivity index (χ3n) is 2.79. The van der Waals surface area contributed by atoms with E-state index in [1.54, 1.807) is 0 Å². The van der Waals surface area contributed by atoms with Crippen LogP contribution in [-0.2, 0) is 6.42 Å².